The van der Waals surface area contributed by atoms with E-state index in [0.717, 1.165) is 30.6 Å². The van der Waals surface area contributed by atoms with Gasteiger partial charge < -0.3 is 14.5 Å². The fourth-order valence-corrected chi connectivity index (χ4v) is 3.11. The Kier molecular flexibility index (Phi) is 4.04. The number of carbonyl (C=O) groups excluding carboxylic acids is 2. The van der Waals surface area contributed by atoms with Gasteiger partial charge in [0.05, 0.1) is 0 Å². The van der Waals surface area contributed by atoms with Crippen molar-refractivity contribution in [2.45, 2.75) is 52.2 Å². The average molecular weight is 316 g/mol. The SMILES string of the molecule is CC(C)(C)OC(=O)N1CCc2cc(N3CCCC3=O)ccc2C1. The summed E-state index contributed by atoms with van der Waals surface area (Å²) < 4.78 is 5.45. The lowest BCUT2D eigenvalue weighted by Gasteiger charge is -2.31. The van der Waals surface area contributed by atoms with Crippen LogP contribution in [-0.4, -0.2) is 35.6 Å². The van der Waals surface area contributed by atoms with Crippen LogP contribution in [0.25, 0.3) is 0 Å². The molecule has 0 radical (unpaired) electrons. The highest BCUT2D eigenvalue weighted by molar-refractivity contribution is 5.95. The van der Waals surface area contributed by atoms with Crippen molar-refractivity contribution >= 4 is 17.7 Å². The molecule has 124 valence electrons. The molecule has 2 aliphatic heterocycles. The van der Waals surface area contributed by atoms with Gasteiger partial charge in [-0.2, -0.15) is 0 Å². The van der Waals surface area contributed by atoms with Gasteiger partial charge in [0.15, 0.2) is 0 Å². The summed E-state index contributed by atoms with van der Waals surface area (Å²) in [6.45, 7) is 7.66. The Bertz CT molecular complexity index is 634. The van der Waals surface area contributed by atoms with Crippen LogP contribution in [0.5, 0.6) is 0 Å². The summed E-state index contributed by atoms with van der Waals surface area (Å²) in [7, 11) is 0. The summed E-state index contributed by atoms with van der Waals surface area (Å²) in [5.74, 6) is 0.205. The van der Waals surface area contributed by atoms with E-state index < -0.39 is 5.60 Å². The molecule has 0 atom stereocenters. The van der Waals surface area contributed by atoms with Gasteiger partial charge in [-0.05, 0) is 56.9 Å². The van der Waals surface area contributed by atoms with Gasteiger partial charge >= 0.3 is 6.09 Å². The molecule has 5 heteroatoms. The number of fused-ring (bicyclic) bond motifs is 1. The zero-order valence-electron chi connectivity index (χ0n) is 14.1. The van der Waals surface area contributed by atoms with Crippen molar-refractivity contribution < 1.29 is 14.3 Å². The first-order valence-corrected chi connectivity index (χ1v) is 8.23. The predicted octanol–water partition coefficient (Wildman–Crippen LogP) is 3.11. The number of nitrogens with zero attached hydrogens (tertiary/aromatic N) is 2. The van der Waals surface area contributed by atoms with Crippen molar-refractivity contribution in [3.63, 3.8) is 0 Å². The second kappa shape index (κ2) is 5.87. The molecule has 0 aliphatic carbocycles. The van der Waals surface area contributed by atoms with Crippen LogP contribution in [0.4, 0.5) is 10.5 Å². The molecule has 5 nitrogen and oxygen atoms in total. The normalized spacial score (nSPS) is 18.1. The van der Waals surface area contributed by atoms with E-state index in [1.165, 1.54) is 5.56 Å². The fraction of sp³-hybridized carbons (Fsp3) is 0.556. The van der Waals surface area contributed by atoms with Gasteiger partial charge in [0.1, 0.15) is 5.60 Å². The van der Waals surface area contributed by atoms with Gasteiger partial charge in [-0.25, -0.2) is 4.79 Å². The van der Waals surface area contributed by atoms with Crippen molar-refractivity contribution in [2.24, 2.45) is 0 Å². The molecule has 0 spiro atoms. The number of rotatable bonds is 1. The lowest BCUT2D eigenvalue weighted by Crippen LogP contribution is -2.40. The Labute approximate surface area is 137 Å². The smallest absolute Gasteiger partial charge is 0.410 e. The van der Waals surface area contributed by atoms with Gasteiger partial charge in [0.2, 0.25) is 5.91 Å². The minimum Gasteiger partial charge on any atom is -0.444 e. The zero-order chi connectivity index (χ0) is 16.6. The molecule has 1 aromatic carbocycles. The van der Waals surface area contributed by atoms with Crippen LogP contribution in [0, 0.1) is 0 Å². The Morgan fingerprint density at radius 1 is 1.13 bits per heavy atom. The number of carbonyl (C=O) groups is 2. The standard InChI is InChI=1S/C18H24N2O3/c1-18(2,3)23-17(22)19-10-8-13-11-15(7-6-14(13)12-19)20-9-4-5-16(20)21/h6-7,11H,4-5,8-10,12H2,1-3H3. The quantitative estimate of drug-likeness (QED) is 0.800. The van der Waals surface area contributed by atoms with E-state index >= 15 is 0 Å². The predicted molar refractivity (Wildman–Crippen MR) is 88.4 cm³/mol. The van der Waals surface area contributed by atoms with Crippen molar-refractivity contribution in [2.75, 3.05) is 18.0 Å². The largest absolute Gasteiger partial charge is 0.444 e. The van der Waals surface area contributed by atoms with Crippen LogP contribution in [0.3, 0.4) is 0 Å². The minimum absolute atomic E-state index is 0.205. The number of amides is 2. The van der Waals surface area contributed by atoms with E-state index in [0.29, 0.717) is 19.5 Å². The van der Waals surface area contributed by atoms with E-state index in [-0.39, 0.29) is 12.0 Å². The molecule has 0 aromatic heterocycles. The Hall–Kier alpha value is -2.04. The molecule has 0 saturated carbocycles. The van der Waals surface area contributed by atoms with Crippen LogP contribution >= 0.6 is 0 Å². The highest BCUT2D eigenvalue weighted by atomic mass is 16.6. The van der Waals surface area contributed by atoms with Gasteiger partial charge in [0.25, 0.3) is 0 Å². The van der Waals surface area contributed by atoms with Gasteiger partial charge in [-0.15, -0.1) is 0 Å². The second-order valence-electron chi connectivity index (χ2n) is 7.25. The lowest BCUT2D eigenvalue weighted by atomic mass is 9.99. The minimum atomic E-state index is -0.475. The van der Waals surface area contributed by atoms with Crippen molar-refractivity contribution in [3.8, 4) is 0 Å². The van der Waals surface area contributed by atoms with Crippen molar-refractivity contribution in [1.82, 2.24) is 4.90 Å². The third-order valence-electron chi connectivity index (χ3n) is 4.24. The molecule has 23 heavy (non-hydrogen) atoms. The molecule has 2 aliphatic rings. The average Bonchev–Trinajstić information content (AvgIpc) is 2.90. The van der Waals surface area contributed by atoms with Crippen molar-refractivity contribution in [3.05, 3.63) is 29.3 Å². The molecule has 2 heterocycles. The molecular weight excluding hydrogens is 292 g/mol. The summed E-state index contributed by atoms with van der Waals surface area (Å²) in [6.07, 6.45) is 2.11. The van der Waals surface area contributed by atoms with E-state index in [1.807, 2.05) is 37.8 Å². The number of hydrogen-bond acceptors (Lipinski definition) is 3. The molecule has 1 aromatic rings. The molecule has 0 unspecified atom stereocenters. The summed E-state index contributed by atoms with van der Waals surface area (Å²) in [5, 5.41) is 0. The fourth-order valence-electron chi connectivity index (χ4n) is 3.11. The van der Waals surface area contributed by atoms with Crippen LogP contribution in [0.1, 0.15) is 44.7 Å². The summed E-state index contributed by atoms with van der Waals surface area (Å²) in [6, 6.07) is 6.12. The maximum atomic E-state index is 12.2. The number of hydrogen-bond donors (Lipinski definition) is 0. The van der Waals surface area contributed by atoms with Crippen LogP contribution in [-0.2, 0) is 22.5 Å². The molecule has 1 saturated heterocycles. The van der Waals surface area contributed by atoms with E-state index in [2.05, 4.69) is 6.07 Å². The Morgan fingerprint density at radius 2 is 1.91 bits per heavy atom. The first-order valence-electron chi connectivity index (χ1n) is 8.23. The van der Waals surface area contributed by atoms with Crippen LogP contribution in [0.2, 0.25) is 0 Å². The number of anilines is 1. The first-order chi connectivity index (χ1) is 10.8. The Balaban J connectivity index is 1.73. The highest BCUT2D eigenvalue weighted by Gasteiger charge is 2.27. The number of benzene rings is 1. The Morgan fingerprint density at radius 3 is 2.57 bits per heavy atom. The topological polar surface area (TPSA) is 49.9 Å². The molecule has 1 fully saturated rings. The highest BCUT2D eigenvalue weighted by Crippen LogP contribution is 2.28. The molecule has 0 bridgehead atoms. The summed E-state index contributed by atoms with van der Waals surface area (Å²) in [4.78, 5) is 27.7. The third kappa shape index (κ3) is 3.49. The van der Waals surface area contributed by atoms with Crippen molar-refractivity contribution in [1.29, 1.82) is 0 Å². The maximum absolute atomic E-state index is 12.2. The molecule has 3 rings (SSSR count). The van der Waals surface area contributed by atoms with E-state index in [4.69, 9.17) is 4.74 Å². The first kappa shape index (κ1) is 15.8. The molecule has 2 amide bonds. The molecular formula is C18H24N2O3. The van der Waals surface area contributed by atoms with Gasteiger partial charge in [0, 0.05) is 31.7 Å². The van der Waals surface area contributed by atoms with E-state index in [9.17, 15) is 9.59 Å². The molecule has 0 N–H and O–H groups in total. The van der Waals surface area contributed by atoms with E-state index in [1.54, 1.807) is 4.90 Å². The zero-order valence-corrected chi connectivity index (χ0v) is 14.1. The number of ether oxygens (including phenoxy) is 1. The van der Waals surface area contributed by atoms with Crippen LogP contribution < -0.4 is 4.90 Å². The summed E-state index contributed by atoms with van der Waals surface area (Å²) >= 11 is 0. The lowest BCUT2D eigenvalue weighted by molar-refractivity contribution is -0.117. The maximum Gasteiger partial charge on any atom is 0.410 e. The summed E-state index contributed by atoms with van der Waals surface area (Å²) in [5.41, 5.74) is 2.87. The van der Waals surface area contributed by atoms with Gasteiger partial charge in [-0.3, -0.25) is 4.79 Å². The van der Waals surface area contributed by atoms with Gasteiger partial charge in [-0.1, -0.05) is 6.07 Å². The monoisotopic (exact) mass is 316 g/mol. The van der Waals surface area contributed by atoms with Crippen LogP contribution in [0.15, 0.2) is 18.2 Å². The second-order valence-corrected chi connectivity index (χ2v) is 7.25. The third-order valence-corrected chi connectivity index (χ3v) is 4.24.